The monoisotopic (exact) mass is 384 g/mol. The summed E-state index contributed by atoms with van der Waals surface area (Å²) in [5, 5.41) is 3.16. The maximum absolute atomic E-state index is 13.0. The van der Waals surface area contributed by atoms with Gasteiger partial charge in [-0.15, -0.1) is 0 Å². The largest absolute Gasteiger partial charge is 0.492 e. The van der Waals surface area contributed by atoms with E-state index in [0.29, 0.717) is 13.0 Å². The molecule has 4 nitrogen and oxygen atoms in total. The van der Waals surface area contributed by atoms with Crippen LogP contribution in [0.5, 0.6) is 5.75 Å². The Morgan fingerprint density at radius 1 is 0.966 bits per heavy atom. The molecular weight excluding hydrogens is 360 g/mol. The minimum Gasteiger partial charge on any atom is -0.492 e. The minimum absolute atomic E-state index is 0.0220. The van der Waals surface area contributed by atoms with Crippen LogP contribution >= 0.6 is 0 Å². The zero-order valence-corrected chi connectivity index (χ0v) is 16.3. The van der Waals surface area contributed by atoms with Crippen LogP contribution in [0.3, 0.4) is 0 Å². The molecular formula is C25H24N2O2. The van der Waals surface area contributed by atoms with E-state index < -0.39 is 0 Å². The number of nitrogens with one attached hydrogen (secondary N) is 1. The fourth-order valence-electron chi connectivity index (χ4n) is 4.29. The van der Waals surface area contributed by atoms with Gasteiger partial charge >= 0.3 is 0 Å². The Morgan fingerprint density at radius 2 is 1.72 bits per heavy atom. The Labute approximate surface area is 171 Å². The molecule has 5 rings (SSSR count). The van der Waals surface area contributed by atoms with Crippen molar-refractivity contribution in [3.63, 3.8) is 0 Å². The first-order chi connectivity index (χ1) is 14.3. The van der Waals surface area contributed by atoms with Crippen molar-refractivity contribution < 1.29 is 9.53 Å². The second kappa shape index (κ2) is 7.63. The van der Waals surface area contributed by atoms with E-state index in [9.17, 15) is 4.79 Å². The highest BCUT2D eigenvalue weighted by Crippen LogP contribution is 2.31. The second-order valence-electron chi connectivity index (χ2n) is 7.77. The van der Waals surface area contributed by atoms with Crippen LogP contribution < -0.4 is 15.0 Å². The van der Waals surface area contributed by atoms with E-state index in [2.05, 4.69) is 40.5 Å². The van der Waals surface area contributed by atoms with Gasteiger partial charge in [-0.05, 0) is 47.7 Å². The zero-order chi connectivity index (χ0) is 19.6. The van der Waals surface area contributed by atoms with Crippen LogP contribution in [0.4, 0.5) is 11.4 Å². The molecule has 146 valence electrons. The first-order valence-electron chi connectivity index (χ1n) is 10.2. The van der Waals surface area contributed by atoms with E-state index in [4.69, 9.17) is 4.74 Å². The number of ether oxygens (including phenoxy) is 1. The number of hydrogen-bond donors (Lipinski definition) is 1. The molecule has 3 aromatic carbocycles. The van der Waals surface area contributed by atoms with Gasteiger partial charge in [0.15, 0.2) is 0 Å². The number of benzene rings is 3. The number of rotatable bonds is 4. The van der Waals surface area contributed by atoms with Crippen molar-refractivity contribution in [3.05, 3.63) is 89.5 Å². The molecule has 1 atom stereocenters. The number of fused-ring (bicyclic) bond motifs is 2. The maximum Gasteiger partial charge on any atom is 0.231 e. The molecule has 3 aromatic rings. The minimum atomic E-state index is -0.175. The van der Waals surface area contributed by atoms with E-state index in [1.54, 1.807) is 0 Å². The Balaban J connectivity index is 1.31. The van der Waals surface area contributed by atoms with Crippen LogP contribution in [0, 0.1) is 5.92 Å². The zero-order valence-electron chi connectivity index (χ0n) is 16.3. The van der Waals surface area contributed by atoms with E-state index in [0.717, 1.165) is 42.1 Å². The smallest absolute Gasteiger partial charge is 0.231 e. The Hall–Kier alpha value is -3.27. The lowest BCUT2D eigenvalue weighted by Gasteiger charge is -2.25. The molecule has 1 unspecified atom stereocenters. The topological polar surface area (TPSA) is 41.6 Å². The molecule has 2 heterocycles. The molecule has 0 saturated carbocycles. The average molecular weight is 384 g/mol. The van der Waals surface area contributed by atoms with Crippen LogP contribution in [-0.2, 0) is 24.2 Å². The molecule has 0 bridgehead atoms. The molecule has 2 aliphatic rings. The van der Waals surface area contributed by atoms with E-state index in [1.807, 2.05) is 42.5 Å². The number of anilines is 2. The average Bonchev–Trinajstić information content (AvgIpc) is 3.17. The molecule has 0 aliphatic carbocycles. The van der Waals surface area contributed by atoms with Gasteiger partial charge in [0, 0.05) is 24.5 Å². The summed E-state index contributed by atoms with van der Waals surface area (Å²) in [6.07, 6.45) is 1.78. The lowest BCUT2D eigenvalue weighted by atomic mass is 9.96. The van der Waals surface area contributed by atoms with Gasteiger partial charge < -0.3 is 15.0 Å². The highest BCUT2D eigenvalue weighted by Gasteiger charge is 2.26. The number of carbonyl (C=O) groups is 1. The van der Waals surface area contributed by atoms with Crippen molar-refractivity contribution in [1.29, 1.82) is 0 Å². The normalized spacial score (nSPS) is 17.2. The molecule has 1 amide bonds. The van der Waals surface area contributed by atoms with Crippen molar-refractivity contribution in [2.75, 3.05) is 23.4 Å². The van der Waals surface area contributed by atoms with Crippen molar-refractivity contribution in [3.8, 4) is 5.75 Å². The summed E-state index contributed by atoms with van der Waals surface area (Å²) in [6, 6.07) is 24.6. The quantitative estimate of drug-likeness (QED) is 0.723. The summed E-state index contributed by atoms with van der Waals surface area (Å²) < 4.78 is 5.80. The van der Waals surface area contributed by atoms with Gasteiger partial charge in [0.25, 0.3) is 0 Å². The summed E-state index contributed by atoms with van der Waals surface area (Å²) >= 11 is 0. The van der Waals surface area contributed by atoms with Crippen LogP contribution in [0.25, 0.3) is 0 Å². The third kappa shape index (κ3) is 3.58. The number of carbonyl (C=O) groups excluding carboxylic acids is 1. The summed E-state index contributed by atoms with van der Waals surface area (Å²) in [4.78, 5) is 15.3. The number of hydrogen-bond acceptors (Lipinski definition) is 3. The molecule has 2 aliphatic heterocycles. The highest BCUT2D eigenvalue weighted by molar-refractivity contribution is 5.93. The SMILES string of the molecule is O=C(Nc1ccccc1CN1CCc2ccccc21)C1COc2ccccc2C1. The lowest BCUT2D eigenvalue weighted by molar-refractivity contribution is -0.121. The molecule has 4 heteroatoms. The molecule has 29 heavy (non-hydrogen) atoms. The molecule has 0 fully saturated rings. The van der Waals surface area contributed by atoms with E-state index in [1.165, 1.54) is 11.3 Å². The van der Waals surface area contributed by atoms with Crippen molar-refractivity contribution in [1.82, 2.24) is 0 Å². The van der Waals surface area contributed by atoms with Gasteiger partial charge in [-0.1, -0.05) is 54.6 Å². The predicted octanol–water partition coefficient (Wildman–Crippen LogP) is 4.44. The van der Waals surface area contributed by atoms with Gasteiger partial charge in [-0.25, -0.2) is 0 Å². The van der Waals surface area contributed by atoms with Gasteiger partial charge in [0.1, 0.15) is 12.4 Å². The van der Waals surface area contributed by atoms with Crippen LogP contribution in [0.1, 0.15) is 16.7 Å². The fourth-order valence-corrected chi connectivity index (χ4v) is 4.29. The Morgan fingerprint density at radius 3 is 2.66 bits per heavy atom. The van der Waals surface area contributed by atoms with Crippen molar-refractivity contribution in [2.45, 2.75) is 19.4 Å². The Kier molecular flexibility index (Phi) is 4.68. The summed E-state index contributed by atoms with van der Waals surface area (Å²) in [7, 11) is 0. The first kappa shape index (κ1) is 17.8. The highest BCUT2D eigenvalue weighted by atomic mass is 16.5. The third-order valence-electron chi connectivity index (χ3n) is 5.87. The molecule has 0 spiro atoms. The van der Waals surface area contributed by atoms with E-state index in [-0.39, 0.29) is 11.8 Å². The molecule has 0 radical (unpaired) electrons. The molecule has 1 N–H and O–H groups in total. The standard InChI is InChI=1S/C25H24N2O2/c28-25(21-15-19-8-3-6-12-24(19)29-17-21)26-22-10-4-1-9-20(22)16-27-14-13-18-7-2-5-11-23(18)27/h1-12,21H,13-17H2,(H,26,28). The summed E-state index contributed by atoms with van der Waals surface area (Å²) in [5.41, 5.74) is 5.81. The molecule has 0 aromatic heterocycles. The van der Waals surface area contributed by atoms with Crippen LogP contribution in [0.15, 0.2) is 72.8 Å². The number of nitrogens with zero attached hydrogens (tertiary/aromatic N) is 1. The molecule has 0 saturated heterocycles. The van der Waals surface area contributed by atoms with Gasteiger partial charge in [0.05, 0.1) is 5.92 Å². The first-order valence-corrected chi connectivity index (χ1v) is 10.2. The van der Waals surface area contributed by atoms with Crippen LogP contribution in [0.2, 0.25) is 0 Å². The number of amides is 1. The van der Waals surface area contributed by atoms with Gasteiger partial charge in [0.2, 0.25) is 5.91 Å². The maximum atomic E-state index is 13.0. The lowest BCUT2D eigenvalue weighted by Crippen LogP contribution is -2.33. The van der Waals surface area contributed by atoms with Crippen molar-refractivity contribution >= 4 is 17.3 Å². The number of para-hydroxylation sites is 3. The predicted molar refractivity (Wildman–Crippen MR) is 115 cm³/mol. The van der Waals surface area contributed by atoms with Crippen molar-refractivity contribution in [2.24, 2.45) is 5.92 Å². The van der Waals surface area contributed by atoms with Gasteiger partial charge in [-0.3, -0.25) is 4.79 Å². The second-order valence-corrected chi connectivity index (χ2v) is 7.77. The van der Waals surface area contributed by atoms with Gasteiger partial charge in [-0.2, -0.15) is 0 Å². The Bertz CT molecular complexity index is 1050. The fraction of sp³-hybridized carbons (Fsp3) is 0.240. The summed E-state index contributed by atoms with van der Waals surface area (Å²) in [5.74, 6) is 0.740. The summed E-state index contributed by atoms with van der Waals surface area (Å²) in [6.45, 7) is 2.22. The van der Waals surface area contributed by atoms with E-state index >= 15 is 0 Å². The third-order valence-corrected chi connectivity index (χ3v) is 5.87. The van der Waals surface area contributed by atoms with Crippen LogP contribution in [-0.4, -0.2) is 19.1 Å².